The van der Waals surface area contributed by atoms with Crippen LogP contribution >= 0.6 is 0 Å². The van der Waals surface area contributed by atoms with Crippen molar-refractivity contribution in [1.82, 2.24) is 25.9 Å². The summed E-state index contributed by atoms with van der Waals surface area (Å²) in [4.78, 5) is 0. The van der Waals surface area contributed by atoms with Gasteiger partial charge in [-0.25, -0.2) is 4.39 Å². The van der Waals surface area contributed by atoms with Crippen LogP contribution in [0.4, 0.5) is 4.39 Å². The van der Waals surface area contributed by atoms with Gasteiger partial charge in [-0.2, -0.15) is 5.21 Å². The van der Waals surface area contributed by atoms with E-state index in [0.29, 0.717) is 17.8 Å². The van der Waals surface area contributed by atoms with E-state index in [9.17, 15) is 4.39 Å². The summed E-state index contributed by atoms with van der Waals surface area (Å²) in [6, 6.07) is 6.91. The van der Waals surface area contributed by atoms with E-state index in [1.807, 2.05) is 19.9 Å². The molecular formula is C12H16FN5. The molecule has 0 fully saturated rings. The Hall–Kier alpha value is -1.82. The molecule has 0 aliphatic carbocycles. The van der Waals surface area contributed by atoms with E-state index in [-0.39, 0.29) is 17.9 Å². The van der Waals surface area contributed by atoms with Gasteiger partial charge in [0.25, 0.3) is 0 Å². The fourth-order valence-corrected chi connectivity index (χ4v) is 1.91. The Bertz CT molecular complexity index is 485. The molecule has 6 heteroatoms. The Kier molecular flexibility index (Phi) is 3.99. The molecule has 0 spiro atoms. The van der Waals surface area contributed by atoms with Crippen molar-refractivity contribution in [2.24, 2.45) is 0 Å². The largest absolute Gasteiger partial charge is 0.305 e. The predicted molar refractivity (Wildman–Crippen MR) is 65.3 cm³/mol. The summed E-state index contributed by atoms with van der Waals surface area (Å²) in [5, 5.41) is 17.1. The van der Waals surface area contributed by atoms with Crippen molar-refractivity contribution < 1.29 is 4.39 Å². The topological polar surface area (TPSA) is 66.5 Å². The van der Waals surface area contributed by atoms with Gasteiger partial charge in [-0.05, 0) is 31.9 Å². The maximum absolute atomic E-state index is 13.5. The molecule has 1 aromatic heterocycles. The van der Waals surface area contributed by atoms with Gasteiger partial charge in [0.15, 0.2) is 5.82 Å². The average Bonchev–Trinajstić information content (AvgIpc) is 2.85. The van der Waals surface area contributed by atoms with Crippen molar-refractivity contribution in [2.75, 3.05) is 0 Å². The van der Waals surface area contributed by atoms with Crippen LogP contribution in [0.1, 0.15) is 31.3 Å². The third-order valence-corrected chi connectivity index (χ3v) is 2.77. The van der Waals surface area contributed by atoms with Crippen molar-refractivity contribution in [1.29, 1.82) is 0 Å². The molecule has 0 saturated carbocycles. The molecule has 0 aliphatic rings. The lowest BCUT2D eigenvalue weighted by Gasteiger charge is -2.17. The van der Waals surface area contributed by atoms with Crippen LogP contribution in [0.2, 0.25) is 0 Å². The van der Waals surface area contributed by atoms with E-state index in [2.05, 4.69) is 25.9 Å². The Morgan fingerprint density at radius 3 is 2.78 bits per heavy atom. The zero-order valence-electron chi connectivity index (χ0n) is 10.4. The Balaban J connectivity index is 1.93. The Morgan fingerprint density at radius 1 is 1.33 bits per heavy atom. The number of benzene rings is 1. The van der Waals surface area contributed by atoms with Crippen LogP contribution in [0, 0.1) is 5.82 Å². The van der Waals surface area contributed by atoms with Gasteiger partial charge in [-0.1, -0.05) is 23.4 Å². The summed E-state index contributed by atoms with van der Waals surface area (Å²) >= 11 is 0. The van der Waals surface area contributed by atoms with Crippen molar-refractivity contribution in [3.8, 4) is 0 Å². The number of hydrogen-bond acceptors (Lipinski definition) is 4. The molecule has 2 rings (SSSR count). The molecule has 2 aromatic rings. The summed E-state index contributed by atoms with van der Waals surface area (Å²) in [6.07, 6.45) is 0.620. The van der Waals surface area contributed by atoms with E-state index in [0.717, 1.165) is 0 Å². The summed E-state index contributed by atoms with van der Waals surface area (Å²) in [5.74, 6) is 0.439. The maximum Gasteiger partial charge on any atom is 0.191 e. The molecule has 0 aliphatic heterocycles. The molecule has 2 unspecified atom stereocenters. The van der Waals surface area contributed by atoms with Gasteiger partial charge in [-0.15, -0.1) is 10.2 Å². The normalized spacial score (nSPS) is 14.4. The quantitative estimate of drug-likeness (QED) is 0.845. The zero-order chi connectivity index (χ0) is 13.0. The van der Waals surface area contributed by atoms with E-state index in [1.54, 1.807) is 12.1 Å². The minimum absolute atomic E-state index is 0.0227. The highest BCUT2D eigenvalue weighted by Crippen LogP contribution is 2.11. The van der Waals surface area contributed by atoms with E-state index >= 15 is 0 Å². The standard InChI is InChI=1S/C12H16FN5/c1-8(7-10-5-3-4-6-11(10)13)14-9(2)12-15-17-18-16-12/h3-6,8-9,14H,7H2,1-2H3,(H,15,16,17,18). The molecule has 0 bridgehead atoms. The minimum atomic E-state index is -0.168. The number of halogens is 1. The van der Waals surface area contributed by atoms with E-state index in [4.69, 9.17) is 0 Å². The Labute approximate surface area is 105 Å². The zero-order valence-corrected chi connectivity index (χ0v) is 10.4. The van der Waals surface area contributed by atoms with Gasteiger partial charge < -0.3 is 5.32 Å². The first kappa shape index (κ1) is 12.6. The highest BCUT2D eigenvalue weighted by atomic mass is 19.1. The first-order valence-corrected chi connectivity index (χ1v) is 5.89. The van der Waals surface area contributed by atoms with Crippen molar-refractivity contribution in [2.45, 2.75) is 32.4 Å². The van der Waals surface area contributed by atoms with Crippen LogP contribution in [0.3, 0.4) is 0 Å². The lowest BCUT2D eigenvalue weighted by Crippen LogP contribution is -2.31. The van der Waals surface area contributed by atoms with Crippen LogP contribution in [0.5, 0.6) is 0 Å². The number of rotatable bonds is 5. The van der Waals surface area contributed by atoms with Gasteiger partial charge in [0.05, 0.1) is 6.04 Å². The fourth-order valence-electron chi connectivity index (χ4n) is 1.91. The fraction of sp³-hybridized carbons (Fsp3) is 0.417. The first-order valence-electron chi connectivity index (χ1n) is 5.89. The minimum Gasteiger partial charge on any atom is -0.305 e. The molecule has 96 valence electrons. The average molecular weight is 249 g/mol. The number of nitrogens with zero attached hydrogens (tertiary/aromatic N) is 3. The molecular weight excluding hydrogens is 233 g/mol. The summed E-state index contributed by atoms with van der Waals surface area (Å²) in [5.41, 5.74) is 0.706. The molecule has 2 N–H and O–H groups in total. The SMILES string of the molecule is CC(Cc1ccccc1F)NC(C)c1nn[nH]n1. The molecule has 18 heavy (non-hydrogen) atoms. The molecule has 1 heterocycles. The lowest BCUT2D eigenvalue weighted by molar-refractivity contribution is 0.455. The molecule has 2 atom stereocenters. The van der Waals surface area contributed by atoms with Crippen LogP contribution in [0.15, 0.2) is 24.3 Å². The van der Waals surface area contributed by atoms with Gasteiger partial charge in [0, 0.05) is 6.04 Å². The molecule has 1 aromatic carbocycles. The van der Waals surface area contributed by atoms with Crippen LogP contribution in [-0.2, 0) is 6.42 Å². The van der Waals surface area contributed by atoms with Gasteiger partial charge in [0.2, 0.25) is 0 Å². The Morgan fingerprint density at radius 2 is 2.11 bits per heavy atom. The van der Waals surface area contributed by atoms with E-state index in [1.165, 1.54) is 6.07 Å². The van der Waals surface area contributed by atoms with Crippen molar-refractivity contribution >= 4 is 0 Å². The number of hydrogen-bond donors (Lipinski definition) is 2. The molecule has 0 saturated heterocycles. The highest BCUT2D eigenvalue weighted by Gasteiger charge is 2.14. The summed E-state index contributed by atoms with van der Waals surface area (Å²) in [6.45, 7) is 3.95. The number of aromatic amines is 1. The second-order valence-corrected chi connectivity index (χ2v) is 4.35. The summed E-state index contributed by atoms with van der Waals surface area (Å²) in [7, 11) is 0. The predicted octanol–water partition coefficient (Wildman–Crippen LogP) is 1.62. The second-order valence-electron chi connectivity index (χ2n) is 4.35. The third-order valence-electron chi connectivity index (χ3n) is 2.77. The first-order chi connectivity index (χ1) is 8.66. The van der Waals surface area contributed by atoms with Crippen LogP contribution in [0.25, 0.3) is 0 Å². The molecule has 0 amide bonds. The van der Waals surface area contributed by atoms with E-state index < -0.39 is 0 Å². The monoisotopic (exact) mass is 249 g/mol. The highest BCUT2D eigenvalue weighted by molar-refractivity contribution is 5.18. The summed E-state index contributed by atoms with van der Waals surface area (Å²) < 4.78 is 13.5. The van der Waals surface area contributed by atoms with Crippen molar-refractivity contribution in [3.63, 3.8) is 0 Å². The second kappa shape index (κ2) is 5.68. The van der Waals surface area contributed by atoms with Gasteiger partial charge in [-0.3, -0.25) is 0 Å². The third kappa shape index (κ3) is 3.10. The number of nitrogens with one attached hydrogen (secondary N) is 2. The smallest absolute Gasteiger partial charge is 0.191 e. The number of H-pyrrole nitrogens is 1. The van der Waals surface area contributed by atoms with Crippen LogP contribution in [-0.4, -0.2) is 26.7 Å². The van der Waals surface area contributed by atoms with Crippen LogP contribution < -0.4 is 5.32 Å². The maximum atomic E-state index is 13.5. The van der Waals surface area contributed by atoms with Gasteiger partial charge >= 0.3 is 0 Å². The lowest BCUT2D eigenvalue weighted by atomic mass is 10.1. The number of tetrazole rings is 1. The van der Waals surface area contributed by atoms with Gasteiger partial charge in [0.1, 0.15) is 5.82 Å². The van der Waals surface area contributed by atoms with Crippen molar-refractivity contribution in [3.05, 3.63) is 41.5 Å². The molecule has 0 radical (unpaired) electrons. The molecule has 5 nitrogen and oxygen atoms in total. The number of aromatic nitrogens is 4.